The van der Waals surface area contributed by atoms with Gasteiger partial charge in [0, 0.05) is 32.7 Å². The normalized spacial score (nSPS) is 14.9. The van der Waals surface area contributed by atoms with Gasteiger partial charge in [0.25, 0.3) is 0 Å². The Bertz CT molecular complexity index is 1250. The van der Waals surface area contributed by atoms with E-state index in [0.717, 1.165) is 67.3 Å². The van der Waals surface area contributed by atoms with E-state index in [0.29, 0.717) is 12.6 Å². The highest BCUT2D eigenvalue weighted by molar-refractivity contribution is 5.73. The summed E-state index contributed by atoms with van der Waals surface area (Å²) in [4.78, 5) is 18.3. The number of hydrogen-bond donors (Lipinski definition) is 0. The third-order valence-corrected chi connectivity index (χ3v) is 6.94. The van der Waals surface area contributed by atoms with E-state index in [4.69, 9.17) is 9.72 Å². The van der Waals surface area contributed by atoms with E-state index < -0.39 is 0 Å². The predicted molar refractivity (Wildman–Crippen MR) is 135 cm³/mol. The number of fused-ring (bicyclic) bond motifs is 1. The zero-order chi connectivity index (χ0) is 24.2. The second kappa shape index (κ2) is 10.4. The minimum Gasteiger partial charge on any atom is -0.497 e. The summed E-state index contributed by atoms with van der Waals surface area (Å²) in [6.07, 6.45) is 6.49. The van der Waals surface area contributed by atoms with Crippen molar-refractivity contribution in [3.05, 3.63) is 78.0 Å². The number of aromatic nitrogens is 4. The zero-order valence-corrected chi connectivity index (χ0v) is 20.3. The number of hydrogen-bond acceptors (Lipinski definition) is 6. The molecule has 2 aromatic heterocycles. The Morgan fingerprint density at radius 3 is 2.46 bits per heavy atom. The van der Waals surface area contributed by atoms with Crippen LogP contribution in [0.2, 0.25) is 0 Å². The largest absolute Gasteiger partial charge is 0.497 e. The smallest absolute Gasteiger partial charge is 0.208 e. The monoisotopic (exact) mass is 474 g/mol. The molecule has 35 heavy (non-hydrogen) atoms. The first-order valence-corrected chi connectivity index (χ1v) is 12.1. The Hall–Kier alpha value is -3.52. The average molecular weight is 475 g/mol. The molecule has 1 saturated heterocycles. The molecule has 0 atom stereocenters. The third kappa shape index (κ3) is 5.27. The number of halogens is 1. The molecule has 3 heterocycles. The number of likely N-dealkylation sites (tertiary alicyclic amines) is 1. The highest BCUT2D eigenvalue weighted by Crippen LogP contribution is 2.26. The maximum atomic E-state index is 13.4. The molecule has 2 aromatic carbocycles. The maximum Gasteiger partial charge on any atom is 0.208 e. The molecular formula is C27H31FN6O. The van der Waals surface area contributed by atoms with Crippen molar-refractivity contribution in [3.8, 4) is 5.75 Å². The first-order chi connectivity index (χ1) is 17.1. The van der Waals surface area contributed by atoms with Gasteiger partial charge in [-0.05, 0) is 54.7 Å². The number of methoxy groups -OCH3 is 1. The van der Waals surface area contributed by atoms with Crippen molar-refractivity contribution in [2.24, 2.45) is 0 Å². The van der Waals surface area contributed by atoms with Gasteiger partial charge >= 0.3 is 0 Å². The number of piperidine rings is 1. The van der Waals surface area contributed by atoms with Crippen molar-refractivity contribution in [2.75, 3.05) is 38.7 Å². The molecule has 1 aliphatic heterocycles. The van der Waals surface area contributed by atoms with Crippen molar-refractivity contribution in [1.29, 1.82) is 0 Å². The number of imidazole rings is 1. The van der Waals surface area contributed by atoms with Gasteiger partial charge in [0.1, 0.15) is 23.4 Å². The van der Waals surface area contributed by atoms with E-state index in [9.17, 15) is 4.39 Å². The summed E-state index contributed by atoms with van der Waals surface area (Å²) in [6.45, 7) is 3.75. The fourth-order valence-electron chi connectivity index (χ4n) is 4.83. The van der Waals surface area contributed by atoms with Gasteiger partial charge in [0.2, 0.25) is 5.95 Å². The molecular weight excluding hydrogens is 443 g/mol. The van der Waals surface area contributed by atoms with Crippen molar-refractivity contribution < 1.29 is 9.13 Å². The topological polar surface area (TPSA) is 59.3 Å². The Balaban J connectivity index is 1.25. The molecule has 0 radical (unpaired) electrons. The van der Waals surface area contributed by atoms with Crippen molar-refractivity contribution in [2.45, 2.75) is 31.8 Å². The van der Waals surface area contributed by atoms with Crippen LogP contribution in [0.3, 0.4) is 0 Å². The summed E-state index contributed by atoms with van der Waals surface area (Å²) < 4.78 is 20.8. The van der Waals surface area contributed by atoms with Gasteiger partial charge in [-0.3, -0.25) is 4.57 Å². The molecule has 0 amide bonds. The molecule has 1 aliphatic rings. The fraction of sp³-hybridized carbons (Fsp3) is 0.370. The van der Waals surface area contributed by atoms with Crippen LogP contribution < -0.4 is 9.64 Å². The van der Waals surface area contributed by atoms with E-state index in [1.807, 2.05) is 24.3 Å². The maximum absolute atomic E-state index is 13.4. The highest BCUT2D eigenvalue weighted by atomic mass is 19.1. The van der Waals surface area contributed by atoms with Gasteiger partial charge in [-0.25, -0.2) is 19.3 Å². The number of anilines is 1. The van der Waals surface area contributed by atoms with Crippen LogP contribution in [-0.4, -0.2) is 64.3 Å². The van der Waals surface area contributed by atoms with Crippen LogP contribution in [0, 0.1) is 5.82 Å². The summed E-state index contributed by atoms with van der Waals surface area (Å²) in [7, 11) is 3.81. The molecule has 0 N–H and O–H groups in total. The molecule has 0 unspecified atom stereocenters. The van der Waals surface area contributed by atoms with Crippen molar-refractivity contribution >= 4 is 17.1 Å². The number of ether oxygens (including phenoxy) is 1. The SMILES string of the molecule is COc1ccc(CCN2CCC(N(C)c3nc4cncnc4n3Cc3ccc(F)cc3)CC2)cc1. The van der Waals surface area contributed by atoms with Crippen LogP contribution in [0.4, 0.5) is 10.3 Å². The minimum absolute atomic E-state index is 0.234. The Morgan fingerprint density at radius 1 is 1.03 bits per heavy atom. The van der Waals surface area contributed by atoms with Gasteiger partial charge in [-0.1, -0.05) is 24.3 Å². The Kier molecular flexibility index (Phi) is 6.90. The van der Waals surface area contributed by atoms with E-state index in [-0.39, 0.29) is 5.82 Å². The lowest BCUT2D eigenvalue weighted by Gasteiger charge is -2.37. The summed E-state index contributed by atoms with van der Waals surface area (Å²) in [5.74, 6) is 1.54. The first-order valence-electron chi connectivity index (χ1n) is 12.1. The van der Waals surface area contributed by atoms with E-state index in [1.165, 1.54) is 17.7 Å². The lowest BCUT2D eigenvalue weighted by atomic mass is 10.0. The minimum atomic E-state index is -0.234. The average Bonchev–Trinajstić information content (AvgIpc) is 3.27. The predicted octanol–water partition coefficient (Wildman–Crippen LogP) is 4.17. The standard InChI is InChI=1S/C27H31FN6O/c1-32(23-12-15-33(16-13-23)14-11-20-5-9-24(35-2)10-6-20)27-31-25-17-29-19-30-26(25)34(27)18-21-3-7-22(28)8-4-21/h3-10,17,19,23H,11-16,18H2,1-2H3. The Morgan fingerprint density at radius 2 is 1.74 bits per heavy atom. The van der Waals surface area contributed by atoms with E-state index in [1.54, 1.807) is 19.6 Å². The van der Waals surface area contributed by atoms with Crippen LogP contribution in [0.25, 0.3) is 11.2 Å². The van der Waals surface area contributed by atoms with E-state index in [2.05, 4.69) is 43.5 Å². The fourth-order valence-corrected chi connectivity index (χ4v) is 4.83. The lowest BCUT2D eigenvalue weighted by Crippen LogP contribution is -2.44. The third-order valence-electron chi connectivity index (χ3n) is 6.94. The van der Waals surface area contributed by atoms with Crippen molar-refractivity contribution in [1.82, 2.24) is 24.4 Å². The van der Waals surface area contributed by atoms with Gasteiger partial charge in [-0.15, -0.1) is 0 Å². The second-order valence-corrected chi connectivity index (χ2v) is 9.14. The van der Waals surface area contributed by atoms with Crippen LogP contribution in [0.5, 0.6) is 5.75 Å². The Labute approximate surface area is 205 Å². The molecule has 5 rings (SSSR count). The van der Waals surface area contributed by atoms with Gasteiger partial charge < -0.3 is 14.5 Å². The molecule has 4 aromatic rings. The lowest BCUT2D eigenvalue weighted by molar-refractivity contribution is 0.212. The highest BCUT2D eigenvalue weighted by Gasteiger charge is 2.26. The first kappa shape index (κ1) is 23.2. The molecule has 0 aliphatic carbocycles. The molecule has 182 valence electrons. The van der Waals surface area contributed by atoms with Crippen LogP contribution >= 0.6 is 0 Å². The number of benzene rings is 2. The van der Waals surface area contributed by atoms with Crippen LogP contribution in [0.15, 0.2) is 61.1 Å². The molecule has 8 heteroatoms. The van der Waals surface area contributed by atoms with E-state index >= 15 is 0 Å². The van der Waals surface area contributed by atoms with Crippen LogP contribution in [0.1, 0.15) is 24.0 Å². The molecule has 0 spiro atoms. The molecule has 7 nitrogen and oxygen atoms in total. The number of rotatable bonds is 8. The molecule has 0 saturated carbocycles. The van der Waals surface area contributed by atoms with Gasteiger partial charge in [0.15, 0.2) is 5.65 Å². The molecule has 0 bridgehead atoms. The number of nitrogens with zero attached hydrogens (tertiary/aromatic N) is 6. The summed E-state index contributed by atoms with van der Waals surface area (Å²) in [5.41, 5.74) is 3.91. The zero-order valence-electron chi connectivity index (χ0n) is 20.3. The quantitative estimate of drug-likeness (QED) is 0.382. The van der Waals surface area contributed by atoms with Gasteiger partial charge in [-0.2, -0.15) is 0 Å². The summed E-state index contributed by atoms with van der Waals surface area (Å²) in [6, 6.07) is 15.4. The second-order valence-electron chi connectivity index (χ2n) is 9.14. The summed E-state index contributed by atoms with van der Waals surface area (Å²) in [5, 5.41) is 0. The van der Waals surface area contributed by atoms with Crippen molar-refractivity contribution in [3.63, 3.8) is 0 Å². The van der Waals surface area contributed by atoms with Crippen LogP contribution in [-0.2, 0) is 13.0 Å². The van der Waals surface area contributed by atoms with Gasteiger partial charge in [0.05, 0.1) is 19.9 Å². The summed E-state index contributed by atoms with van der Waals surface area (Å²) >= 11 is 0. The molecule has 1 fully saturated rings.